The average molecular weight is 224 g/mol. The Kier molecular flexibility index (Phi) is 3.62. The summed E-state index contributed by atoms with van der Waals surface area (Å²) in [5.41, 5.74) is 6.00. The number of nitrogens with two attached hydrogens (primary N) is 1. The molecule has 2 N–H and O–H groups in total. The molecular weight excluding hydrogens is 204 g/mol. The van der Waals surface area contributed by atoms with Gasteiger partial charge in [0, 0.05) is 6.07 Å². The van der Waals surface area contributed by atoms with Crippen molar-refractivity contribution in [2.45, 2.75) is 46.3 Å². The smallest absolute Gasteiger partial charge is 0.240 e. The first-order valence-electron chi connectivity index (χ1n) is 5.40. The molecular formula is C12H20N2O2. The van der Waals surface area contributed by atoms with Gasteiger partial charge in [0.15, 0.2) is 0 Å². The fraction of sp³-hybridized carbons (Fsp3) is 0.583. The number of aromatic nitrogens is 1. The quantitative estimate of drug-likeness (QED) is 0.857. The predicted octanol–water partition coefficient (Wildman–Crippen LogP) is 2.63. The summed E-state index contributed by atoms with van der Waals surface area (Å²) in [6.07, 6.45) is 0.0414. The van der Waals surface area contributed by atoms with Gasteiger partial charge in [-0.1, -0.05) is 0 Å². The molecule has 0 aliphatic rings. The van der Waals surface area contributed by atoms with Crippen LogP contribution in [0.5, 0.6) is 11.8 Å². The number of nitrogens with zero attached hydrogens (tertiary/aromatic N) is 1. The number of pyridine rings is 1. The first-order valence-corrected chi connectivity index (χ1v) is 5.40. The van der Waals surface area contributed by atoms with Gasteiger partial charge in [-0.25, -0.2) is 0 Å². The molecule has 16 heavy (non-hydrogen) atoms. The molecule has 0 bridgehead atoms. The van der Waals surface area contributed by atoms with Crippen molar-refractivity contribution in [3.63, 3.8) is 0 Å². The van der Waals surface area contributed by atoms with E-state index in [1.54, 1.807) is 12.1 Å². The van der Waals surface area contributed by atoms with Crippen molar-refractivity contribution in [3.05, 3.63) is 12.1 Å². The molecule has 0 fully saturated rings. The monoisotopic (exact) mass is 224 g/mol. The third kappa shape index (κ3) is 3.96. The Bertz CT molecular complexity index is 357. The molecule has 4 heteroatoms. The van der Waals surface area contributed by atoms with E-state index >= 15 is 0 Å². The molecule has 4 nitrogen and oxygen atoms in total. The van der Waals surface area contributed by atoms with Crippen molar-refractivity contribution in [3.8, 4) is 11.8 Å². The summed E-state index contributed by atoms with van der Waals surface area (Å²) in [6.45, 7) is 9.76. The van der Waals surface area contributed by atoms with Crippen LogP contribution in [0.3, 0.4) is 0 Å². The van der Waals surface area contributed by atoms with Gasteiger partial charge in [-0.2, -0.15) is 4.98 Å². The van der Waals surface area contributed by atoms with Gasteiger partial charge in [0.25, 0.3) is 0 Å². The zero-order chi connectivity index (χ0) is 12.3. The van der Waals surface area contributed by atoms with E-state index in [1.165, 1.54) is 0 Å². The van der Waals surface area contributed by atoms with Gasteiger partial charge in [0.05, 0.1) is 11.8 Å². The summed E-state index contributed by atoms with van der Waals surface area (Å²) in [7, 11) is 0. The second-order valence-electron chi connectivity index (χ2n) is 4.92. The second kappa shape index (κ2) is 4.60. The van der Waals surface area contributed by atoms with Crippen LogP contribution < -0.4 is 15.2 Å². The molecule has 0 aliphatic carbocycles. The molecule has 0 saturated heterocycles. The van der Waals surface area contributed by atoms with Crippen LogP contribution in [0.15, 0.2) is 12.1 Å². The van der Waals surface area contributed by atoms with Gasteiger partial charge in [0.2, 0.25) is 11.8 Å². The summed E-state index contributed by atoms with van der Waals surface area (Å²) in [4.78, 5) is 4.23. The first-order chi connectivity index (χ1) is 7.28. The topological polar surface area (TPSA) is 57.4 Å². The third-order valence-electron chi connectivity index (χ3n) is 1.62. The molecule has 0 saturated carbocycles. The Morgan fingerprint density at radius 2 is 1.88 bits per heavy atom. The second-order valence-corrected chi connectivity index (χ2v) is 4.92. The number of anilines is 1. The molecule has 0 spiro atoms. The van der Waals surface area contributed by atoms with Crippen LogP contribution in [0.2, 0.25) is 0 Å². The summed E-state index contributed by atoms with van der Waals surface area (Å²) >= 11 is 0. The highest BCUT2D eigenvalue weighted by Crippen LogP contribution is 2.25. The zero-order valence-corrected chi connectivity index (χ0v) is 10.6. The maximum absolute atomic E-state index is 5.76. The predicted molar refractivity (Wildman–Crippen MR) is 64.8 cm³/mol. The van der Waals surface area contributed by atoms with Gasteiger partial charge in [-0.15, -0.1) is 0 Å². The van der Waals surface area contributed by atoms with Crippen LogP contribution in [-0.4, -0.2) is 16.7 Å². The normalized spacial score (nSPS) is 11.6. The summed E-state index contributed by atoms with van der Waals surface area (Å²) < 4.78 is 11.1. The first kappa shape index (κ1) is 12.6. The highest BCUT2D eigenvalue weighted by Gasteiger charge is 2.14. The highest BCUT2D eigenvalue weighted by atomic mass is 16.5. The minimum atomic E-state index is -0.280. The van der Waals surface area contributed by atoms with E-state index in [0.29, 0.717) is 17.4 Å². The minimum absolute atomic E-state index is 0.0414. The number of ether oxygens (including phenoxy) is 2. The largest absolute Gasteiger partial charge is 0.473 e. The average Bonchev–Trinajstić information content (AvgIpc) is 2.07. The maximum atomic E-state index is 5.76. The summed E-state index contributed by atoms with van der Waals surface area (Å²) in [5, 5.41) is 0. The number of hydrogen-bond acceptors (Lipinski definition) is 4. The molecule has 0 aromatic carbocycles. The molecule has 0 atom stereocenters. The van der Waals surface area contributed by atoms with Crippen LogP contribution in [0.1, 0.15) is 34.6 Å². The SMILES string of the molecule is CC(C)Oc1nc(OC(C)(C)C)ccc1N. The van der Waals surface area contributed by atoms with Gasteiger partial charge in [-0.3, -0.25) is 0 Å². The van der Waals surface area contributed by atoms with E-state index in [1.807, 2.05) is 34.6 Å². The molecule has 0 unspecified atom stereocenters. The lowest BCUT2D eigenvalue weighted by Gasteiger charge is -2.21. The van der Waals surface area contributed by atoms with Gasteiger partial charge >= 0.3 is 0 Å². The van der Waals surface area contributed by atoms with E-state index in [-0.39, 0.29) is 11.7 Å². The lowest BCUT2D eigenvalue weighted by atomic mass is 10.2. The van der Waals surface area contributed by atoms with Gasteiger partial charge < -0.3 is 15.2 Å². The van der Waals surface area contributed by atoms with Crippen LogP contribution in [0.25, 0.3) is 0 Å². The van der Waals surface area contributed by atoms with E-state index < -0.39 is 0 Å². The van der Waals surface area contributed by atoms with Crippen molar-refractivity contribution in [2.24, 2.45) is 0 Å². The highest BCUT2D eigenvalue weighted by molar-refractivity contribution is 5.49. The van der Waals surface area contributed by atoms with Crippen LogP contribution >= 0.6 is 0 Å². The third-order valence-corrected chi connectivity index (χ3v) is 1.62. The standard InChI is InChI=1S/C12H20N2O2/c1-8(2)15-11-9(13)6-7-10(14-11)16-12(3,4)5/h6-8H,13H2,1-5H3. The number of hydrogen-bond donors (Lipinski definition) is 1. The van der Waals surface area contributed by atoms with E-state index in [0.717, 1.165) is 0 Å². The minimum Gasteiger partial charge on any atom is -0.473 e. The van der Waals surface area contributed by atoms with Gasteiger partial charge in [-0.05, 0) is 40.7 Å². The van der Waals surface area contributed by atoms with E-state index in [2.05, 4.69) is 4.98 Å². The van der Waals surface area contributed by atoms with Crippen molar-refractivity contribution in [1.82, 2.24) is 4.98 Å². The van der Waals surface area contributed by atoms with Crippen molar-refractivity contribution < 1.29 is 9.47 Å². The van der Waals surface area contributed by atoms with Crippen LogP contribution in [0, 0.1) is 0 Å². The van der Waals surface area contributed by atoms with Crippen LogP contribution in [-0.2, 0) is 0 Å². The van der Waals surface area contributed by atoms with Crippen molar-refractivity contribution >= 4 is 5.69 Å². The summed E-state index contributed by atoms with van der Waals surface area (Å²) in [6, 6.07) is 3.49. The molecule has 1 aromatic rings. The Morgan fingerprint density at radius 3 is 2.38 bits per heavy atom. The fourth-order valence-electron chi connectivity index (χ4n) is 1.12. The van der Waals surface area contributed by atoms with E-state index in [9.17, 15) is 0 Å². The van der Waals surface area contributed by atoms with Crippen molar-refractivity contribution in [2.75, 3.05) is 5.73 Å². The number of rotatable bonds is 3. The number of nitrogen functional groups attached to an aromatic ring is 1. The molecule has 0 aliphatic heterocycles. The van der Waals surface area contributed by atoms with Gasteiger partial charge in [0.1, 0.15) is 5.60 Å². The zero-order valence-electron chi connectivity index (χ0n) is 10.6. The maximum Gasteiger partial charge on any atom is 0.240 e. The Balaban J connectivity index is 2.89. The Labute approximate surface area is 96.8 Å². The Hall–Kier alpha value is -1.45. The molecule has 1 aromatic heterocycles. The van der Waals surface area contributed by atoms with Crippen molar-refractivity contribution in [1.29, 1.82) is 0 Å². The van der Waals surface area contributed by atoms with E-state index in [4.69, 9.17) is 15.2 Å². The molecule has 1 rings (SSSR count). The molecule has 0 amide bonds. The Morgan fingerprint density at radius 1 is 1.25 bits per heavy atom. The lowest BCUT2D eigenvalue weighted by molar-refractivity contribution is 0.121. The fourth-order valence-corrected chi connectivity index (χ4v) is 1.12. The molecule has 0 radical (unpaired) electrons. The summed E-state index contributed by atoms with van der Waals surface area (Å²) in [5.74, 6) is 0.953. The molecule has 1 heterocycles. The lowest BCUT2D eigenvalue weighted by Crippen LogP contribution is -2.23. The molecule has 90 valence electrons. The van der Waals surface area contributed by atoms with Crippen LogP contribution in [0.4, 0.5) is 5.69 Å².